The summed E-state index contributed by atoms with van der Waals surface area (Å²) in [7, 11) is 0. The number of fused-ring (bicyclic) bond motifs is 1. The summed E-state index contributed by atoms with van der Waals surface area (Å²) in [5.74, 6) is 1.70. The molecule has 2 aliphatic rings. The van der Waals surface area contributed by atoms with Gasteiger partial charge in [0.15, 0.2) is 0 Å². The molecule has 0 bridgehead atoms. The third-order valence-corrected chi connectivity index (χ3v) is 3.60. The van der Waals surface area contributed by atoms with Gasteiger partial charge in [0, 0.05) is 24.3 Å². The smallest absolute Gasteiger partial charge is 0.139 e. The standard InChI is InChI=1S/C12H15ClN2O.ClH/c13-9-4-11(6-14-5-9)16-7-10-2-1-8-3-12(8)15-10;/h4-6,8,10,12,15H,1-3,7H2;1H. The van der Waals surface area contributed by atoms with Crippen molar-refractivity contribution in [3.8, 4) is 5.75 Å². The fourth-order valence-corrected chi connectivity index (χ4v) is 2.54. The maximum atomic E-state index is 5.84. The number of hydrogen-bond donors (Lipinski definition) is 1. The van der Waals surface area contributed by atoms with Gasteiger partial charge in [0.05, 0.1) is 11.2 Å². The molecule has 3 nitrogen and oxygen atoms in total. The Morgan fingerprint density at radius 1 is 1.41 bits per heavy atom. The van der Waals surface area contributed by atoms with E-state index >= 15 is 0 Å². The number of rotatable bonds is 3. The molecule has 3 unspecified atom stereocenters. The van der Waals surface area contributed by atoms with Crippen LogP contribution < -0.4 is 10.1 Å². The minimum absolute atomic E-state index is 0. The first-order valence-corrected chi connectivity index (χ1v) is 6.18. The van der Waals surface area contributed by atoms with E-state index in [0.717, 1.165) is 17.7 Å². The van der Waals surface area contributed by atoms with Crippen molar-refractivity contribution in [2.24, 2.45) is 5.92 Å². The van der Waals surface area contributed by atoms with E-state index < -0.39 is 0 Å². The molecule has 0 aromatic carbocycles. The van der Waals surface area contributed by atoms with Crippen molar-refractivity contribution in [3.05, 3.63) is 23.5 Å². The molecule has 0 spiro atoms. The summed E-state index contributed by atoms with van der Waals surface area (Å²) in [6, 6.07) is 3.06. The van der Waals surface area contributed by atoms with Crippen LogP contribution in [0, 0.1) is 5.92 Å². The molecule has 1 saturated heterocycles. The van der Waals surface area contributed by atoms with Gasteiger partial charge in [0.1, 0.15) is 12.4 Å². The van der Waals surface area contributed by atoms with Gasteiger partial charge in [0.25, 0.3) is 0 Å². The van der Waals surface area contributed by atoms with Gasteiger partial charge in [-0.1, -0.05) is 11.6 Å². The van der Waals surface area contributed by atoms with Crippen LogP contribution in [-0.4, -0.2) is 23.7 Å². The Morgan fingerprint density at radius 2 is 2.29 bits per heavy atom. The van der Waals surface area contributed by atoms with Crippen molar-refractivity contribution in [2.45, 2.75) is 31.3 Å². The van der Waals surface area contributed by atoms with Crippen LogP contribution in [0.15, 0.2) is 18.5 Å². The summed E-state index contributed by atoms with van der Waals surface area (Å²) in [5, 5.41) is 4.22. The molecule has 1 N–H and O–H groups in total. The predicted octanol–water partition coefficient (Wildman–Crippen LogP) is 2.68. The van der Waals surface area contributed by atoms with Crippen molar-refractivity contribution >= 4 is 24.0 Å². The van der Waals surface area contributed by atoms with Crippen molar-refractivity contribution < 1.29 is 4.74 Å². The first kappa shape index (κ1) is 12.9. The van der Waals surface area contributed by atoms with E-state index in [2.05, 4.69) is 10.3 Å². The van der Waals surface area contributed by atoms with Crippen LogP contribution in [0.4, 0.5) is 0 Å². The number of piperidine rings is 1. The molecular weight excluding hydrogens is 259 g/mol. The Labute approximate surface area is 112 Å². The summed E-state index contributed by atoms with van der Waals surface area (Å²) >= 11 is 5.84. The molecular formula is C12H16Cl2N2O. The SMILES string of the molecule is Cl.Clc1cncc(OCC2CCC3CC3N2)c1. The van der Waals surface area contributed by atoms with Crippen molar-refractivity contribution in [1.82, 2.24) is 10.3 Å². The number of aromatic nitrogens is 1. The van der Waals surface area contributed by atoms with Gasteiger partial charge >= 0.3 is 0 Å². The van der Waals surface area contributed by atoms with Crippen LogP contribution in [0.1, 0.15) is 19.3 Å². The summed E-state index contributed by atoms with van der Waals surface area (Å²) in [6.45, 7) is 0.714. The molecule has 2 heterocycles. The molecule has 5 heteroatoms. The minimum Gasteiger partial charge on any atom is -0.490 e. The van der Waals surface area contributed by atoms with Gasteiger partial charge < -0.3 is 10.1 Å². The number of hydrogen-bond acceptors (Lipinski definition) is 3. The molecule has 17 heavy (non-hydrogen) atoms. The maximum absolute atomic E-state index is 5.84. The molecule has 0 amide bonds. The fourth-order valence-electron chi connectivity index (χ4n) is 2.37. The molecule has 1 aromatic rings. The van der Waals surface area contributed by atoms with E-state index in [1.165, 1.54) is 19.3 Å². The molecule has 1 aromatic heterocycles. The first-order valence-electron chi connectivity index (χ1n) is 5.80. The molecule has 3 rings (SSSR count). The van der Waals surface area contributed by atoms with E-state index in [1.807, 2.05) is 0 Å². The van der Waals surface area contributed by atoms with Gasteiger partial charge in [-0.05, 0) is 25.2 Å². The average molecular weight is 275 g/mol. The summed E-state index contributed by atoms with van der Waals surface area (Å²) in [4.78, 5) is 3.99. The topological polar surface area (TPSA) is 34.1 Å². The Kier molecular flexibility index (Phi) is 4.13. The second-order valence-corrected chi connectivity index (χ2v) is 5.13. The van der Waals surface area contributed by atoms with Crippen LogP contribution in [0.5, 0.6) is 5.75 Å². The van der Waals surface area contributed by atoms with Crippen LogP contribution in [-0.2, 0) is 0 Å². The molecule has 3 atom stereocenters. The third kappa shape index (κ3) is 3.24. The Balaban J connectivity index is 0.00000108. The lowest BCUT2D eigenvalue weighted by molar-refractivity contribution is 0.236. The Bertz CT molecular complexity index is 389. The zero-order chi connectivity index (χ0) is 11.0. The van der Waals surface area contributed by atoms with Crippen molar-refractivity contribution in [2.75, 3.05) is 6.61 Å². The Morgan fingerprint density at radius 3 is 3.06 bits per heavy atom. The summed E-state index contributed by atoms with van der Waals surface area (Å²) in [6.07, 6.45) is 7.24. The normalized spacial score (nSPS) is 30.1. The van der Waals surface area contributed by atoms with Gasteiger partial charge in [-0.3, -0.25) is 4.98 Å². The highest BCUT2D eigenvalue weighted by molar-refractivity contribution is 6.30. The van der Waals surface area contributed by atoms with Crippen LogP contribution in [0.2, 0.25) is 5.02 Å². The lowest BCUT2D eigenvalue weighted by atomic mass is 10.1. The minimum atomic E-state index is 0. The number of halogens is 2. The number of nitrogens with one attached hydrogen (secondary N) is 1. The summed E-state index contributed by atoms with van der Waals surface area (Å²) in [5.41, 5.74) is 0. The molecule has 1 aliphatic heterocycles. The summed E-state index contributed by atoms with van der Waals surface area (Å²) < 4.78 is 5.68. The van der Waals surface area contributed by atoms with E-state index in [1.54, 1.807) is 18.5 Å². The molecule has 94 valence electrons. The van der Waals surface area contributed by atoms with Gasteiger partial charge in [-0.25, -0.2) is 0 Å². The predicted molar refractivity (Wildman–Crippen MR) is 70.0 cm³/mol. The van der Waals surface area contributed by atoms with Gasteiger partial charge in [-0.2, -0.15) is 0 Å². The molecule has 2 fully saturated rings. The van der Waals surface area contributed by atoms with Crippen LogP contribution >= 0.6 is 24.0 Å². The number of pyridine rings is 1. The average Bonchev–Trinajstić information content (AvgIpc) is 3.04. The maximum Gasteiger partial charge on any atom is 0.139 e. The van der Waals surface area contributed by atoms with E-state index in [9.17, 15) is 0 Å². The second kappa shape index (κ2) is 5.42. The van der Waals surface area contributed by atoms with Gasteiger partial charge in [-0.15, -0.1) is 12.4 Å². The lowest BCUT2D eigenvalue weighted by Gasteiger charge is -2.23. The van der Waals surface area contributed by atoms with Crippen LogP contribution in [0.25, 0.3) is 0 Å². The molecule has 0 radical (unpaired) electrons. The number of ether oxygens (including phenoxy) is 1. The quantitative estimate of drug-likeness (QED) is 0.921. The lowest BCUT2D eigenvalue weighted by Crippen LogP contribution is -2.39. The van der Waals surface area contributed by atoms with Gasteiger partial charge in [0.2, 0.25) is 0 Å². The highest BCUT2D eigenvalue weighted by Gasteiger charge is 2.41. The third-order valence-electron chi connectivity index (χ3n) is 3.39. The monoisotopic (exact) mass is 274 g/mol. The molecule has 1 saturated carbocycles. The Hall–Kier alpha value is -0.510. The number of nitrogens with zero attached hydrogens (tertiary/aromatic N) is 1. The zero-order valence-electron chi connectivity index (χ0n) is 9.43. The van der Waals surface area contributed by atoms with Crippen molar-refractivity contribution in [3.63, 3.8) is 0 Å². The van der Waals surface area contributed by atoms with E-state index in [4.69, 9.17) is 16.3 Å². The first-order chi connectivity index (χ1) is 7.81. The highest BCUT2D eigenvalue weighted by atomic mass is 35.5. The van der Waals surface area contributed by atoms with Crippen LogP contribution in [0.3, 0.4) is 0 Å². The zero-order valence-corrected chi connectivity index (χ0v) is 11.0. The highest BCUT2D eigenvalue weighted by Crippen LogP contribution is 2.39. The van der Waals surface area contributed by atoms with E-state index in [0.29, 0.717) is 17.7 Å². The second-order valence-electron chi connectivity index (χ2n) is 4.69. The van der Waals surface area contributed by atoms with E-state index in [-0.39, 0.29) is 12.4 Å². The van der Waals surface area contributed by atoms with Crippen molar-refractivity contribution in [1.29, 1.82) is 0 Å². The molecule has 1 aliphatic carbocycles. The largest absolute Gasteiger partial charge is 0.490 e. The fraction of sp³-hybridized carbons (Fsp3) is 0.583.